The maximum Gasteiger partial charge on any atom is 0.190 e. The molecular formula is C7H8ClNOS. The van der Waals surface area contributed by atoms with E-state index in [0.717, 1.165) is 0 Å². The Morgan fingerprint density at radius 2 is 2.55 bits per heavy atom. The fourth-order valence-corrected chi connectivity index (χ4v) is 1.54. The fraction of sp³-hybridized carbons (Fsp3) is 0.286. The Labute approximate surface area is 74.0 Å². The van der Waals surface area contributed by atoms with Crippen LogP contribution in [-0.4, -0.2) is 17.7 Å². The van der Waals surface area contributed by atoms with E-state index in [1.807, 2.05) is 11.4 Å². The number of thiophene rings is 1. The summed E-state index contributed by atoms with van der Waals surface area (Å²) < 4.78 is 0. The van der Waals surface area contributed by atoms with Gasteiger partial charge in [-0.1, -0.05) is 6.07 Å². The lowest BCUT2D eigenvalue weighted by Crippen LogP contribution is -2.31. The van der Waals surface area contributed by atoms with Gasteiger partial charge in [0.15, 0.2) is 5.78 Å². The quantitative estimate of drug-likeness (QED) is 0.579. The monoisotopic (exact) mass is 189 g/mol. The highest BCUT2D eigenvalue weighted by atomic mass is 35.5. The standard InChI is InChI=1S/C7H8ClNOS/c8-4-5(9)7(10)6-2-1-3-11-6/h1-3,5H,4,9H2. The zero-order valence-electron chi connectivity index (χ0n) is 5.79. The van der Waals surface area contributed by atoms with Crippen molar-refractivity contribution in [2.45, 2.75) is 6.04 Å². The van der Waals surface area contributed by atoms with E-state index in [1.54, 1.807) is 6.07 Å². The molecule has 0 radical (unpaired) electrons. The van der Waals surface area contributed by atoms with Crippen LogP contribution in [0.2, 0.25) is 0 Å². The normalized spacial score (nSPS) is 12.9. The van der Waals surface area contributed by atoms with Gasteiger partial charge in [0.05, 0.1) is 10.9 Å². The molecule has 1 heterocycles. The maximum atomic E-state index is 11.2. The largest absolute Gasteiger partial charge is 0.320 e. The van der Waals surface area contributed by atoms with E-state index in [4.69, 9.17) is 17.3 Å². The lowest BCUT2D eigenvalue weighted by atomic mass is 10.2. The predicted octanol–water partition coefficient (Wildman–Crippen LogP) is 1.50. The molecule has 60 valence electrons. The van der Waals surface area contributed by atoms with Gasteiger partial charge in [0.25, 0.3) is 0 Å². The maximum absolute atomic E-state index is 11.2. The van der Waals surface area contributed by atoms with Crippen molar-refractivity contribution in [1.82, 2.24) is 0 Å². The molecule has 2 N–H and O–H groups in total. The van der Waals surface area contributed by atoms with Crippen LogP contribution in [0.25, 0.3) is 0 Å². The van der Waals surface area contributed by atoms with Crippen LogP contribution in [0, 0.1) is 0 Å². The van der Waals surface area contributed by atoms with Crippen molar-refractivity contribution in [2.75, 3.05) is 5.88 Å². The van der Waals surface area contributed by atoms with Crippen LogP contribution in [0.4, 0.5) is 0 Å². The highest BCUT2D eigenvalue weighted by Gasteiger charge is 2.14. The number of alkyl halides is 1. The summed E-state index contributed by atoms with van der Waals surface area (Å²) in [5.41, 5.74) is 5.43. The molecule has 0 aliphatic carbocycles. The number of halogens is 1. The Hall–Kier alpha value is -0.380. The van der Waals surface area contributed by atoms with E-state index in [-0.39, 0.29) is 11.7 Å². The van der Waals surface area contributed by atoms with Crippen molar-refractivity contribution < 1.29 is 4.79 Å². The van der Waals surface area contributed by atoms with Crippen LogP contribution in [-0.2, 0) is 0 Å². The SMILES string of the molecule is NC(CCl)C(=O)c1cccs1. The van der Waals surface area contributed by atoms with Crippen molar-refractivity contribution in [3.63, 3.8) is 0 Å². The summed E-state index contributed by atoms with van der Waals surface area (Å²) in [7, 11) is 0. The lowest BCUT2D eigenvalue weighted by Gasteiger charge is -2.02. The number of hydrogen-bond donors (Lipinski definition) is 1. The van der Waals surface area contributed by atoms with Crippen molar-refractivity contribution in [3.8, 4) is 0 Å². The topological polar surface area (TPSA) is 43.1 Å². The Balaban J connectivity index is 2.70. The summed E-state index contributed by atoms with van der Waals surface area (Å²) in [6.45, 7) is 0. The van der Waals surface area contributed by atoms with Gasteiger partial charge in [-0.2, -0.15) is 0 Å². The van der Waals surface area contributed by atoms with Gasteiger partial charge in [0, 0.05) is 5.88 Å². The van der Waals surface area contributed by atoms with E-state index < -0.39 is 6.04 Å². The zero-order valence-corrected chi connectivity index (χ0v) is 7.36. The van der Waals surface area contributed by atoms with E-state index in [0.29, 0.717) is 4.88 Å². The molecule has 11 heavy (non-hydrogen) atoms. The lowest BCUT2D eigenvalue weighted by molar-refractivity contribution is 0.0973. The number of Topliss-reactive ketones (excluding diaryl/α,β-unsaturated/α-hetero) is 1. The molecule has 1 atom stereocenters. The van der Waals surface area contributed by atoms with Crippen LogP contribution >= 0.6 is 22.9 Å². The minimum Gasteiger partial charge on any atom is -0.320 e. The first-order valence-electron chi connectivity index (χ1n) is 3.15. The molecule has 1 unspecified atom stereocenters. The second-order valence-electron chi connectivity index (χ2n) is 2.10. The third-order valence-electron chi connectivity index (χ3n) is 1.27. The van der Waals surface area contributed by atoms with Crippen LogP contribution in [0.3, 0.4) is 0 Å². The molecule has 0 fully saturated rings. The molecule has 2 nitrogen and oxygen atoms in total. The van der Waals surface area contributed by atoms with Gasteiger partial charge in [-0.25, -0.2) is 0 Å². The number of hydrogen-bond acceptors (Lipinski definition) is 3. The molecule has 4 heteroatoms. The number of carbonyl (C=O) groups excluding carboxylic acids is 1. The average Bonchev–Trinajstić information content (AvgIpc) is 2.53. The van der Waals surface area contributed by atoms with Gasteiger partial charge in [-0.05, 0) is 11.4 Å². The van der Waals surface area contributed by atoms with E-state index in [1.165, 1.54) is 11.3 Å². The minimum atomic E-state index is -0.560. The number of carbonyl (C=O) groups is 1. The van der Waals surface area contributed by atoms with Gasteiger partial charge < -0.3 is 5.73 Å². The van der Waals surface area contributed by atoms with E-state index in [9.17, 15) is 4.79 Å². The van der Waals surface area contributed by atoms with E-state index >= 15 is 0 Å². The first kappa shape index (κ1) is 8.71. The van der Waals surface area contributed by atoms with Gasteiger partial charge in [0.1, 0.15) is 0 Å². The zero-order chi connectivity index (χ0) is 8.27. The van der Waals surface area contributed by atoms with Crippen LogP contribution in [0.5, 0.6) is 0 Å². The van der Waals surface area contributed by atoms with Crippen molar-refractivity contribution >= 4 is 28.7 Å². The smallest absolute Gasteiger partial charge is 0.190 e. The fourth-order valence-electron chi connectivity index (χ4n) is 0.672. The molecule has 0 aromatic carbocycles. The summed E-state index contributed by atoms with van der Waals surface area (Å²) in [5, 5.41) is 1.84. The summed E-state index contributed by atoms with van der Waals surface area (Å²) in [5.74, 6) is 0.103. The second kappa shape index (κ2) is 3.85. The van der Waals surface area contributed by atoms with Gasteiger partial charge in [-0.15, -0.1) is 22.9 Å². The third kappa shape index (κ3) is 2.02. The van der Waals surface area contributed by atoms with Crippen molar-refractivity contribution in [2.24, 2.45) is 5.73 Å². The molecule has 0 aliphatic rings. The Morgan fingerprint density at radius 3 is 3.00 bits per heavy atom. The van der Waals surface area contributed by atoms with Crippen molar-refractivity contribution in [3.05, 3.63) is 22.4 Å². The van der Waals surface area contributed by atoms with E-state index in [2.05, 4.69) is 0 Å². The molecule has 0 amide bonds. The third-order valence-corrected chi connectivity index (χ3v) is 2.48. The molecule has 0 saturated carbocycles. The van der Waals surface area contributed by atoms with Gasteiger partial charge >= 0.3 is 0 Å². The van der Waals surface area contributed by atoms with Crippen LogP contribution in [0.15, 0.2) is 17.5 Å². The molecule has 0 saturated heterocycles. The highest BCUT2D eigenvalue weighted by Crippen LogP contribution is 2.10. The summed E-state index contributed by atoms with van der Waals surface area (Å²) in [6, 6.07) is 3.01. The Bertz CT molecular complexity index is 235. The number of ketones is 1. The molecular weight excluding hydrogens is 182 g/mol. The molecule has 1 rings (SSSR count). The number of nitrogens with two attached hydrogens (primary N) is 1. The predicted molar refractivity (Wildman–Crippen MR) is 47.3 cm³/mol. The van der Waals surface area contributed by atoms with Gasteiger partial charge in [0.2, 0.25) is 0 Å². The summed E-state index contributed by atoms with van der Waals surface area (Å²) in [4.78, 5) is 11.9. The molecule has 0 aliphatic heterocycles. The van der Waals surface area contributed by atoms with Crippen LogP contribution in [0.1, 0.15) is 9.67 Å². The highest BCUT2D eigenvalue weighted by molar-refractivity contribution is 7.12. The minimum absolute atomic E-state index is 0.0741. The molecule has 0 spiro atoms. The van der Waals surface area contributed by atoms with Crippen LogP contribution < -0.4 is 5.73 Å². The van der Waals surface area contributed by atoms with Gasteiger partial charge in [-0.3, -0.25) is 4.79 Å². The van der Waals surface area contributed by atoms with Crippen molar-refractivity contribution in [1.29, 1.82) is 0 Å². The molecule has 1 aromatic heterocycles. The first-order valence-corrected chi connectivity index (χ1v) is 4.56. The summed E-state index contributed by atoms with van der Waals surface area (Å²) >= 11 is 6.81. The first-order chi connectivity index (χ1) is 5.25. The average molecular weight is 190 g/mol. The Morgan fingerprint density at radius 1 is 1.82 bits per heavy atom. The summed E-state index contributed by atoms with van der Waals surface area (Å²) in [6.07, 6.45) is 0. The second-order valence-corrected chi connectivity index (χ2v) is 3.36. The molecule has 0 bridgehead atoms. The number of rotatable bonds is 3. The Kier molecular flexibility index (Phi) is 3.05. The molecule has 1 aromatic rings.